The van der Waals surface area contributed by atoms with E-state index in [0.717, 1.165) is 6.54 Å². The van der Waals surface area contributed by atoms with E-state index in [4.69, 9.17) is 5.11 Å². The maximum absolute atomic E-state index is 12.0. The summed E-state index contributed by atoms with van der Waals surface area (Å²) in [6, 6.07) is -1.04. The van der Waals surface area contributed by atoms with Crippen molar-refractivity contribution in [1.29, 1.82) is 0 Å². The highest BCUT2D eigenvalue weighted by Crippen LogP contribution is 2.29. The highest BCUT2D eigenvalue weighted by molar-refractivity contribution is 5.82. The van der Waals surface area contributed by atoms with E-state index in [-0.39, 0.29) is 11.9 Å². The quantitative estimate of drug-likeness (QED) is 0.731. The molecule has 0 bridgehead atoms. The van der Waals surface area contributed by atoms with Crippen molar-refractivity contribution >= 4 is 12.0 Å². The summed E-state index contributed by atoms with van der Waals surface area (Å²) in [4.78, 5) is 24.8. The minimum atomic E-state index is -0.959. The average Bonchev–Trinajstić information content (AvgIpc) is 3.07. The highest BCUT2D eigenvalue weighted by Gasteiger charge is 2.28. The monoisotopic (exact) mass is 256 g/mol. The Morgan fingerprint density at radius 1 is 1.39 bits per heavy atom. The van der Waals surface area contributed by atoms with Crippen LogP contribution in [0.1, 0.15) is 40.0 Å². The first-order chi connectivity index (χ1) is 8.43. The summed E-state index contributed by atoms with van der Waals surface area (Å²) in [6.07, 6.45) is 2.82. The zero-order chi connectivity index (χ0) is 13.7. The Labute approximate surface area is 109 Å². The maximum Gasteiger partial charge on any atom is 0.326 e. The van der Waals surface area contributed by atoms with Gasteiger partial charge < -0.3 is 15.3 Å². The summed E-state index contributed by atoms with van der Waals surface area (Å²) in [5, 5.41) is 11.7. The predicted octanol–water partition coefficient (Wildman–Crippen LogP) is 1.93. The molecular formula is C13H24N2O3. The van der Waals surface area contributed by atoms with Crippen molar-refractivity contribution < 1.29 is 14.7 Å². The number of carbonyl (C=O) groups excluding carboxylic acids is 1. The number of urea groups is 1. The normalized spacial score (nSPS) is 16.4. The maximum atomic E-state index is 12.0. The molecule has 0 aliphatic heterocycles. The fraction of sp³-hybridized carbons (Fsp3) is 0.846. The van der Waals surface area contributed by atoms with Crippen LogP contribution in [0.3, 0.4) is 0 Å². The summed E-state index contributed by atoms with van der Waals surface area (Å²) in [6.45, 7) is 7.18. The lowest BCUT2D eigenvalue weighted by molar-refractivity contribution is -0.139. The van der Waals surface area contributed by atoms with Crippen LogP contribution in [0, 0.1) is 11.8 Å². The SMILES string of the molecule is CCN(CC1CC1)C(=O)N[C@@H](CC(C)C)C(=O)O. The second kappa shape index (κ2) is 6.61. The molecule has 1 aliphatic rings. The Bertz CT molecular complexity index is 301. The molecule has 0 spiro atoms. The Morgan fingerprint density at radius 2 is 2.00 bits per heavy atom. The van der Waals surface area contributed by atoms with Crippen molar-refractivity contribution in [3.63, 3.8) is 0 Å². The van der Waals surface area contributed by atoms with Gasteiger partial charge in [-0.1, -0.05) is 13.8 Å². The number of nitrogens with one attached hydrogen (secondary N) is 1. The molecular weight excluding hydrogens is 232 g/mol. The molecule has 5 heteroatoms. The molecule has 2 N–H and O–H groups in total. The van der Waals surface area contributed by atoms with Crippen LogP contribution in [0.5, 0.6) is 0 Å². The molecule has 1 atom stereocenters. The zero-order valence-electron chi connectivity index (χ0n) is 11.5. The van der Waals surface area contributed by atoms with E-state index in [1.165, 1.54) is 12.8 Å². The molecule has 0 heterocycles. The lowest BCUT2D eigenvalue weighted by Crippen LogP contribution is -2.48. The van der Waals surface area contributed by atoms with E-state index in [0.29, 0.717) is 18.9 Å². The van der Waals surface area contributed by atoms with E-state index in [9.17, 15) is 9.59 Å². The van der Waals surface area contributed by atoms with Crippen LogP contribution in [-0.2, 0) is 4.79 Å². The minimum absolute atomic E-state index is 0.241. The molecule has 5 nitrogen and oxygen atoms in total. The van der Waals surface area contributed by atoms with E-state index in [1.54, 1.807) is 4.90 Å². The highest BCUT2D eigenvalue weighted by atomic mass is 16.4. The average molecular weight is 256 g/mol. The van der Waals surface area contributed by atoms with Crippen LogP contribution in [-0.4, -0.2) is 41.1 Å². The van der Waals surface area contributed by atoms with E-state index in [1.807, 2.05) is 20.8 Å². The van der Waals surface area contributed by atoms with Crippen molar-refractivity contribution in [3.8, 4) is 0 Å². The van der Waals surface area contributed by atoms with Gasteiger partial charge in [-0.2, -0.15) is 0 Å². The molecule has 18 heavy (non-hydrogen) atoms. The van der Waals surface area contributed by atoms with Crippen LogP contribution >= 0.6 is 0 Å². The standard InChI is InChI=1S/C13H24N2O3/c1-4-15(8-10-5-6-10)13(18)14-11(12(16)17)7-9(2)3/h9-11H,4-8H2,1-3H3,(H,14,18)(H,16,17)/t11-/m0/s1. The Kier molecular flexibility index (Phi) is 5.44. The summed E-state index contributed by atoms with van der Waals surface area (Å²) in [5.74, 6) is -0.103. The predicted molar refractivity (Wildman–Crippen MR) is 69.4 cm³/mol. The van der Waals surface area contributed by atoms with Crippen LogP contribution in [0.4, 0.5) is 4.79 Å². The number of carboxylic acids is 1. The lowest BCUT2D eigenvalue weighted by atomic mass is 10.0. The van der Waals surface area contributed by atoms with Crippen LogP contribution < -0.4 is 5.32 Å². The molecule has 2 amide bonds. The van der Waals surface area contributed by atoms with E-state index < -0.39 is 12.0 Å². The van der Waals surface area contributed by atoms with Crippen molar-refractivity contribution in [1.82, 2.24) is 10.2 Å². The van der Waals surface area contributed by atoms with Gasteiger partial charge in [0.25, 0.3) is 0 Å². The fourth-order valence-corrected chi connectivity index (χ4v) is 1.90. The third-order valence-electron chi connectivity index (χ3n) is 3.15. The van der Waals surface area contributed by atoms with Crippen LogP contribution in [0.25, 0.3) is 0 Å². The molecule has 1 aliphatic carbocycles. The van der Waals surface area contributed by atoms with Crippen molar-refractivity contribution in [2.24, 2.45) is 11.8 Å². The molecule has 0 aromatic carbocycles. The van der Waals surface area contributed by atoms with E-state index in [2.05, 4.69) is 5.32 Å². The van der Waals surface area contributed by atoms with E-state index >= 15 is 0 Å². The first-order valence-electron chi connectivity index (χ1n) is 6.72. The van der Waals surface area contributed by atoms with Crippen molar-refractivity contribution in [3.05, 3.63) is 0 Å². The van der Waals surface area contributed by atoms with Crippen molar-refractivity contribution in [2.75, 3.05) is 13.1 Å². The number of amides is 2. The van der Waals surface area contributed by atoms with Crippen molar-refractivity contribution in [2.45, 2.75) is 46.1 Å². The van der Waals surface area contributed by atoms with Gasteiger partial charge in [0.2, 0.25) is 0 Å². The number of carboxylic acid groups (broad SMARTS) is 1. The number of hydrogen-bond acceptors (Lipinski definition) is 2. The van der Waals surface area contributed by atoms with Gasteiger partial charge in [0, 0.05) is 13.1 Å². The smallest absolute Gasteiger partial charge is 0.326 e. The zero-order valence-corrected chi connectivity index (χ0v) is 11.5. The van der Waals surface area contributed by atoms with Gasteiger partial charge in [-0.05, 0) is 38.0 Å². The number of rotatable bonds is 7. The van der Waals surface area contributed by atoms with Crippen LogP contribution in [0.15, 0.2) is 0 Å². The number of aliphatic carboxylic acids is 1. The van der Waals surface area contributed by atoms with Gasteiger partial charge in [-0.3, -0.25) is 0 Å². The third kappa shape index (κ3) is 4.94. The first kappa shape index (κ1) is 14.8. The third-order valence-corrected chi connectivity index (χ3v) is 3.15. The van der Waals surface area contributed by atoms with Gasteiger partial charge in [0.15, 0.2) is 0 Å². The number of nitrogens with zero attached hydrogens (tertiary/aromatic N) is 1. The minimum Gasteiger partial charge on any atom is -0.480 e. The molecule has 1 fully saturated rings. The van der Waals surface area contributed by atoms with Gasteiger partial charge in [0.05, 0.1) is 0 Å². The Balaban J connectivity index is 2.49. The molecule has 1 rings (SSSR count). The largest absolute Gasteiger partial charge is 0.480 e. The Morgan fingerprint density at radius 3 is 2.39 bits per heavy atom. The molecule has 0 saturated heterocycles. The molecule has 1 saturated carbocycles. The van der Waals surface area contributed by atoms with Crippen LogP contribution in [0.2, 0.25) is 0 Å². The molecule has 0 unspecified atom stereocenters. The first-order valence-corrected chi connectivity index (χ1v) is 6.72. The fourth-order valence-electron chi connectivity index (χ4n) is 1.90. The molecule has 0 aromatic rings. The summed E-state index contributed by atoms with van der Waals surface area (Å²) in [5.41, 5.74) is 0. The number of carbonyl (C=O) groups is 2. The summed E-state index contributed by atoms with van der Waals surface area (Å²) in [7, 11) is 0. The molecule has 0 radical (unpaired) electrons. The van der Waals surface area contributed by atoms with Gasteiger partial charge in [-0.25, -0.2) is 9.59 Å². The second-order valence-electron chi connectivity index (χ2n) is 5.45. The van der Waals surface area contributed by atoms with Gasteiger partial charge in [0.1, 0.15) is 6.04 Å². The Hall–Kier alpha value is -1.26. The van der Waals surface area contributed by atoms with Gasteiger partial charge >= 0.3 is 12.0 Å². The molecule has 0 aromatic heterocycles. The lowest BCUT2D eigenvalue weighted by Gasteiger charge is -2.24. The summed E-state index contributed by atoms with van der Waals surface area (Å²) >= 11 is 0. The van der Waals surface area contributed by atoms with Gasteiger partial charge in [-0.15, -0.1) is 0 Å². The molecule has 104 valence electrons. The topological polar surface area (TPSA) is 69.6 Å². The summed E-state index contributed by atoms with van der Waals surface area (Å²) < 4.78 is 0. The second-order valence-corrected chi connectivity index (χ2v) is 5.45. The number of hydrogen-bond donors (Lipinski definition) is 2.